The standard InChI is InChI=1S/C24H31F4NO3.BrH/c1-14(2)22(3)15-7-9-29(22)13-18(10-15)32-21(30)24(31,16-6-8-23(27,28)12-16)19-5-4-17(25)11-20(19)26;/h4-5,11,14-16,18,31H,6-10,12-13H2,1-3H3;1H/t15?,16-,18?,22?,24-;/m1./s1. The molecule has 33 heavy (non-hydrogen) atoms. The maximum absolute atomic E-state index is 14.7. The summed E-state index contributed by atoms with van der Waals surface area (Å²) in [5.74, 6) is -6.78. The number of rotatable bonds is 5. The lowest BCUT2D eigenvalue weighted by Crippen LogP contribution is -2.57. The maximum Gasteiger partial charge on any atom is 0.343 e. The van der Waals surface area contributed by atoms with E-state index in [0.29, 0.717) is 30.9 Å². The van der Waals surface area contributed by atoms with E-state index < -0.39 is 59.6 Å². The number of alkyl halides is 2. The number of carbonyl (C=O) groups excluding carboxylic acids is 1. The average molecular weight is 538 g/mol. The number of carbonyl (C=O) groups is 1. The molecule has 1 aromatic rings. The fourth-order valence-electron chi connectivity index (χ4n) is 6.15. The van der Waals surface area contributed by atoms with Gasteiger partial charge in [0.05, 0.1) is 0 Å². The second kappa shape index (κ2) is 9.11. The van der Waals surface area contributed by atoms with Crippen molar-refractivity contribution in [3.63, 3.8) is 0 Å². The second-order valence-electron chi connectivity index (χ2n) is 10.3. The van der Waals surface area contributed by atoms with E-state index in [-0.39, 0.29) is 28.9 Å². The summed E-state index contributed by atoms with van der Waals surface area (Å²) >= 11 is 0. The van der Waals surface area contributed by atoms with E-state index in [4.69, 9.17) is 4.74 Å². The molecule has 4 nitrogen and oxygen atoms in total. The summed E-state index contributed by atoms with van der Waals surface area (Å²) in [7, 11) is 0. The predicted octanol–water partition coefficient (Wildman–Crippen LogP) is 5.22. The Morgan fingerprint density at radius 1 is 1.27 bits per heavy atom. The van der Waals surface area contributed by atoms with Crippen LogP contribution in [0.15, 0.2) is 18.2 Å². The highest BCUT2D eigenvalue weighted by atomic mass is 79.9. The van der Waals surface area contributed by atoms with Crippen molar-refractivity contribution in [2.75, 3.05) is 13.1 Å². The summed E-state index contributed by atoms with van der Waals surface area (Å²) in [6.45, 7) is 7.87. The molecule has 3 fully saturated rings. The van der Waals surface area contributed by atoms with Gasteiger partial charge >= 0.3 is 5.97 Å². The lowest BCUT2D eigenvalue weighted by Gasteiger charge is -2.49. The number of hydrogen-bond donors (Lipinski definition) is 1. The van der Waals surface area contributed by atoms with Crippen LogP contribution in [0.4, 0.5) is 17.6 Å². The van der Waals surface area contributed by atoms with Crippen LogP contribution in [0, 0.1) is 29.4 Å². The number of nitrogens with zero attached hydrogens (tertiary/aromatic N) is 1. The lowest BCUT2D eigenvalue weighted by molar-refractivity contribution is -0.186. The van der Waals surface area contributed by atoms with Gasteiger partial charge in [-0.25, -0.2) is 22.4 Å². The molecule has 1 saturated carbocycles. The van der Waals surface area contributed by atoms with Gasteiger partial charge < -0.3 is 9.84 Å². The lowest BCUT2D eigenvalue weighted by atomic mass is 9.72. The number of piperidine rings is 1. The summed E-state index contributed by atoms with van der Waals surface area (Å²) in [5, 5.41) is 11.4. The first-order valence-corrected chi connectivity index (χ1v) is 11.4. The van der Waals surface area contributed by atoms with E-state index in [2.05, 4.69) is 25.7 Å². The van der Waals surface area contributed by atoms with Gasteiger partial charge in [0, 0.05) is 42.5 Å². The first kappa shape index (κ1) is 26.4. The molecule has 6 atom stereocenters. The minimum Gasteiger partial charge on any atom is -0.459 e. The molecule has 1 N–H and O–H groups in total. The molecule has 2 bridgehead atoms. The molecule has 186 valence electrons. The Hall–Kier alpha value is -1.19. The van der Waals surface area contributed by atoms with Crippen LogP contribution in [-0.4, -0.2) is 46.6 Å². The third kappa shape index (κ3) is 4.45. The van der Waals surface area contributed by atoms with Crippen LogP contribution in [0.2, 0.25) is 0 Å². The fraction of sp³-hybridized carbons (Fsp3) is 0.708. The van der Waals surface area contributed by atoms with Crippen LogP contribution in [0.5, 0.6) is 0 Å². The zero-order valence-electron chi connectivity index (χ0n) is 19.1. The van der Waals surface area contributed by atoms with Gasteiger partial charge in [0.2, 0.25) is 5.92 Å². The summed E-state index contributed by atoms with van der Waals surface area (Å²) in [6, 6.07) is 2.40. The minimum absolute atomic E-state index is 0. The van der Waals surface area contributed by atoms with Crippen molar-refractivity contribution < 1.29 is 32.2 Å². The van der Waals surface area contributed by atoms with Gasteiger partial charge in [-0.15, -0.1) is 17.0 Å². The van der Waals surface area contributed by atoms with Crippen LogP contribution in [0.3, 0.4) is 0 Å². The first-order valence-electron chi connectivity index (χ1n) is 11.4. The summed E-state index contributed by atoms with van der Waals surface area (Å²) in [4.78, 5) is 15.6. The Morgan fingerprint density at radius 3 is 2.52 bits per heavy atom. The third-order valence-corrected chi connectivity index (χ3v) is 8.32. The molecule has 2 aliphatic heterocycles. The van der Waals surface area contributed by atoms with Gasteiger partial charge in [-0.1, -0.05) is 13.8 Å². The molecule has 2 heterocycles. The molecular formula is C24H32BrF4NO3. The monoisotopic (exact) mass is 537 g/mol. The van der Waals surface area contributed by atoms with Gasteiger partial charge in [0.1, 0.15) is 17.7 Å². The highest BCUT2D eigenvalue weighted by Crippen LogP contribution is 2.50. The Labute approximate surface area is 202 Å². The van der Waals surface area contributed by atoms with Crippen LogP contribution < -0.4 is 0 Å². The molecule has 0 aromatic heterocycles. The van der Waals surface area contributed by atoms with E-state index >= 15 is 0 Å². The largest absolute Gasteiger partial charge is 0.459 e. The molecule has 4 unspecified atom stereocenters. The van der Waals surface area contributed by atoms with Gasteiger partial charge in [-0.2, -0.15) is 0 Å². The van der Waals surface area contributed by atoms with Crippen LogP contribution in [0.25, 0.3) is 0 Å². The molecular weight excluding hydrogens is 506 g/mol. The number of benzene rings is 1. The molecule has 3 aliphatic rings. The Balaban J connectivity index is 0.00000306. The van der Waals surface area contributed by atoms with E-state index in [9.17, 15) is 27.5 Å². The van der Waals surface area contributed by atoms with E-state index in [1.165, 1.54) is 0 Å². The van der Waals surface area contributed by atoms with Crippen molar-refractivity contribution in [3.05, 3.63) is 35.4 Å². The molecule has 2 saturated heterocycles. The average Bonchev–Trinajstić information content (AvgIpc) is 3.12. The minimum atomic E-state index is -3.07. The second-order valence-corrected chi connectivity index (χ2v) is 10.3. The first-order chi connectivity index (χ1) is 14.9. The molecule has 0 spiro atoms. The van der Waals surface area contributed by atoms with Crippen molar-refractivity contribution in [2.24, 2.45) is 17.8 Å². The topological polar surface area (TPSA) is 49.8 Å². The van der Waals surface area contributed by atoms with Gasteiger partial charge in [-0.3, -0.25) is 4.90 Å². The molecule has 0 radical (unpaired) electrons. The highest BCUT2D eigenvalue weighted by Gasteiger charge is 2.57. The smallest absolute Gasteiger partial charge is 0.343 e. The Morgan fingerprint density at radius 2 is 1.97 bits per heavy atom. The quantitative estimate of drug-likeness (QED) is 0.413. The number of esters is 1. The van der Waals surface area contributed by atoms with Crippen LogP contribution >= 0.6 is 17.0 Å². The van der Waals surface area contributed by atoms with Crippen molar-refractivity contribution in [3.8, 4) is 0 Å². The number of hydrogen-bond acceptors (Lipinski definition) is 4. The molecule has 4 rings (SSSR count). The zero-order chi connectivity index (χ0) is 23.5. The summed E-state index contributed by atoms with van der Waals surface area (Å²) < 4.78 is 61.8. The maximum atomic E-state index is 14.7. The van der Waals surface area contributed by atoms with Gasteiger partial charge in [-0.05, 0) is 56.7 Å². The van der Waals surface area contributed by atoms with E-state index in [1.54, 1.807) is 0 Å². The molecule has 0 amide bonds. The van der Waals surface area contributed by atoms with Crippen molar-refractivity contribution in [1.29, 1.82) is 0 Å². The van der Waals surface area contributed by atoms with Crippen molar-refractivity contribution in [1.82, 2.24) is 4.90 Å². The van der Waals surface area contributed by atoms with Crippen molar-refractivity contribution >= 4 is 23.0 Å². The Kier molecular flexibility index (Phi) is 7.30. The van der Waals surface area contributed by atoms with Gasteiger partial charge in [0.15, 0.2) is 5.60 Å². The zero-order valence-corrected chi connectivity index (χ0v) is 20.8. The van der Waals surface area contributed by atoms with Crippen LogP contribution in [0.1, 0.15) is 58.4 Å². The summed E-state index contributed by atoms with van der Waals surface area (Å²) in [6.07, 6.45) is -0.407. The summed E-state index contributed by atoms with van der Waals surface area (Å²) in [5.41, 5.74) is -3.14. The highest BCUT2D eigenvalue weighted by molar-refractivity contribution is 8.93. The molecule has 1 aliphatic carbocycles. The number of fused-ring (bicyclic) bond motifs is 2. The fourth-order valence-corrected chi connectivity index (χ4v) is 6.15. The molecule has 1 aromatic carbocycles. The van der Waals surface area contributed by atoms with E-state index in [1.807, 2.05) is 0 Å². The van der Waals surface area contributed by atoms with Crippen LogP contribution in [-0.2, 0) is 15.1 Å². The normalized spacial score (nSPS) is 34.6. The van der Waals surface area contributed by atoms with E-state index in [0.717, 1.165) is 25.1 Å². The predicted molar refractivity (Wildman–Crippen MR) is 120 cm³/mol. The van der Waals surface area contributed by atoms with Crippen molar-refractivity contribution in [2.45, 2.75) is 76.0 Å². The number of aliphatic hydroxyl groups is 1. The molecule has 9 heteroatoms. The third-order valence-electron chi connectivity index (χ3n) is 8.32. The Bertz CT molecular complexity index is 884. The van der Waals surface area contributed by atoms with Gasteiger partial charge in [0.25, 0.3) is 0 Å². The number of halogens is 5. The number of ether oxygens (including phenoxy) is 1. The SMILES string of the molecule is Br.CC(C)C1(C)C2CCN1CC(OC(=O)[C@](O)(c1ccc(F)cc1F)[C@@H]1CCC(F)(F)C1)C2.